The highest BCUT2D eigenvalue weighted by molar-refractivity contribution is 5.31. The molecule has 0 radical (unpaired) electrons. The van der Waals surface area contributed by atoms with E-state index in [1.54, 1.807) is 7.11 Å². The van der Waals surface area contributed by atoms with E-state index in [1.807, 2.05) is 0 Å². The fourth-order valence-electron chi connectivity index (χ4n) is 2.53. The van der Waals surface area contributed by atoms with Crippen LogP contribution in [0.4, 0.5) is 0 Å². The molecule has 2 atom stereocenters. The van der Waals surface area contributed by atoms with Crippen LogP contribution < -0.4 is 0 Å². The largest absolute Gasteiger partial charge is 0.388 e. The van der Waals surface area contributed by atoms with Gasteiger partial charge in [0.25, 0.3) is 0 Å². The van der Waals surface area contributed by atoms with Crippen LogP contribution in [0, 0.1) is 6.92 Å². The average molecular weight is 223 g/mol. The number of rotatable bonds is 3. The molecule has 0 bridgehead atoms. The van der Waals surface area contributed by atoms with Crippen molar-refractivity contribution in [3.8, 4) is 0 Å². The summed E-state index contributed by atoms with van der Waals surface area (Å²) in [6.07, 6.45) is 3.02. The van der Waals surface area contributed by atoms with Crippen molar-refractivity contribution in [3.63, 3.8) is 0 Å². The number of aliphatic hydroxyl groups excluding tert-OH is 1. The molecule has 0 amide bonds. The van der Waals surface area contributed by atoms with E-state index in [4.69, 9.17) is 4.74 Å². The third-order valence-corrected chi connectivity index (χ3v) is 3.54. The summed E-state index contributed by atoms with van der Waals surface area (Å²) < 4.78 is 7.61. The Balaban J connectivity index is 2.31. The van der Waals surface area contributed by atoms with Crippen LogP contribution >= 0.6 is 0 Å². The molecule has 3 nitrogen and oxygen atoms in total. The minimum absolute atomic E-state index is 0.217. The average Bonchev–Trinajstić information content (AvgIpc) is 2.58. The maximum Gasteiger partial charge on any atom is 0.0807 e. The van der Waals surface area contributed by atoms with Crippen molar-refractivity contribution < 1.29 is 9.84 Å². The Kier molecular flexibility index (Phi) is 3.36. The molecule has 16 heavy (non-hydrogen) atoms. The first-order chi connectivity index (χ1) is 7.63. The Bertz CT molecular complexity index is 370. The number of aromatic nitrogens is 1. The van der Waals surface area contributed by atoms with Crippen molar-refractivity contribution in [2.75, 3.05) is 7.11 Å². The van der Waals surface area contributed by atoms with Crippen molar-refractivity contribution in [3.05, 3.63) is 23.0 Å². The first kappa shape index (κ1) is 11.7. The highest BCUT2D eigenvalue weighted by Crippen LogP contribution is 2.32. The molecule has 90 valence electrons. The van der Waals surface area contributed by atoms with Crippen LogP contribution in [-0.4, -0.2) is 22.9 Å². The molecule has 1 heterocycles. The van der Waals surface area contributed by atoms with Gasteiger partial charge in [0.1, 0.15) is 0 Å². The van der Waals surface area contributed by atoms with Gasteiger partial charge in [-0.15, -0.1) is 0 Å². The molecule has 0 aromatic carbocycles. The molecule has 1 aromatic heterocycles. The summed E-state index contributed by atoms with van der Waals surface area (Å²) in [5.74, 6) is 0. The molecule has 0 saturated heterocycles. The highest BCUT2D eigenvalue weighted by atomic mass is 16.5. The first-order valence-electron chi connectivity index (χ1n) is 6.03. The molecule has 1 aliphatic carbocycles. The molecule has 0 aliphatic heterocycles. The van der Waals surface area contributed by atoms with Crippen LogP contribution in [0.25, 0.3) is 0 Å². The molecule has 0 saturated carbocycles. The van der Waals surface area contributed by atoms with E-state index in [-0.39, 0.29) is 12.2 Å². The van der Waals surface area contributed by atoms with E-state index >= 15 is 0 Å². The van der Waals surface area contributed by atoms with E-state index < -0.39 is 0 Å². The highest BCUT2D eigenvalue weighted by Gasteiger charge is 2.23. The molecule has 2 rings (SSSR count). The summed E-state index contributed by atoms with van der Waals surface area (Å²) in [7, 11) is 1.74. The van der Waals surface area contributed by atoms with Crippen molar-refractivity contribution in [1.29, 1.82) is 0 Å². The van der Waals surface area contributed by atoms with Crippen LogP contribution in [0.3, 0.4) is 0 Å². The summed E-state index contributed by atoms with van der Waals surface area (Å²) >= 11 is 0. The van der Waals surface area contributed by atoms with Crippen molar-refractivity contribution in [2.45, 2.75) is 51.9 Å². The van der Waals surface area contributed by atoms with Gasteiger partial charge in [0.15, 0.2) is 0 Å². The summed E-state index contributed by atoms with van der Waals surface area (Å²) in [5.41, 5.74) is 3.67. The molecule has 1 aromatic rings. The number of nitrogens with zero attached hydrogens (tertiary/aromatic N) is 1. The second kappa shape index (κ2) is 4.60. The minimum Gasteiger partial charge on any atom is -0.388 e. The maximum atomic E-state index is 9.95. The van der Waals surface area contributed by atoms with Crippen LogP contribution in [0.2, 0.25) is 0 Å². The van der Waals surface area contributed by atoms with Gasteiger partial charge < -0.3 is 14.4 Å². The third kappa shape index (κ3) is 2.02. The normalized spacial score (nSPS) is 21.9. The Morgan fingerprint density at radius 1 is 1.62 bits per heavy atom. The maximum absolute atomic E-state index is 9.95. The quantitative estimate of drug-likeness (QED) is 0.852. The third-order valence-electron chi connectivity index (χ3n) is 3.54. The van der Waals surface area contributed by atoms with E-state index in [0.717, 1.165) is 31.4 Å². The molecule has 0 spiro atoms. The lowest BCUT2D eigenvalue weighted by atomic mass is 9.95. The lowest BCUT2D eigenvalue weighted by Gasteiger charge is -2.22. The molecule has 1 aliphatic rings. The number of aryl methyl sites for hydroxylation is 1. The van der Waals surface area contributed by atoms with Gasteiger partial charge in [0.05, 0.1) is 12.2 Å². The van der Waals surface area contributed by atoms with E-state index in [0.29, 0.717) is 0 Å². The lowest BCUT2D eigenvalue weighted by molar-refractivity contribution is 0.101. The van der Waals surface area contributed by atoms with Gasteiger partial charge in [-0.2, -0.15) is 0 Å². The molecule has 3 heteroatoms. The van der Waals surface area contributed by atoms with Gasteiger partial charge in [-0.1, -0.05) is 0 Å². The van der Waals surface area contributed by atoms with E-state index in [1.165, 1.54) is 11.4 Å². The zero-order chi connectivity index (χ0) is 11.7. The van der Waals surface area contributed by atoms with Crippen molar-refractivity contribution in [1.82, 2.24) is 4.57 Å². The van der Waals surface area contributed by atoms with Gasteiger partial charge in [-0.25, -0.2) is 0 Å². The predicted octanol–water partition coefficient (Wildman–Crippen LogP) is 2.20. The molecule has 1 N–H and O–H groups in total. The van der Waals surface area contributed by atoms with Gasteiger partial charge in [0, 0.05) is 30.6 Å². The Morgan fingerprint density at radius 2 is 2.38 bits per heavy atom. The van der Waals surface area contributed by atoms with Crippen molar-refractivity contribution >= 4 is 0 Å². The summed E-state index contributed by atoms with van der Waals surface area (Å²) in [4.78, 5) is 0. The smallest absolute Gasteiger partial charge is 0.0807 e. The number of methoxy groups -OCH3 is 1. The SMILES string of the molecule is COC(C)Cn1c(C)cc2c1CCCC2O. The fourth-order valence-corrected chi connectivity index (χ4v) is 2.53. The second-order valence-electron chi connectivity index (χ2n) is 4.75. The van der Waals surface area contributed by atoms with Crippen LogP contribution in [0.5, 0.6) is 0 Å². The zero-order valence-electron chi connectivity index (χ0n) is 10.4. The minimum atomic E-state index is -0.262. The van der Waals surface area contributed by atoms with Gasteiger partial charge in [0.2, 0.25) is 0 Å². The molecular weight excluding hydrogens is 202 g/mol. The molecule has 2 unspecified atom stereocenters. The standard InChI is InChI=1S/C13H21NO2/c1-9-7-11-12(5-4-6-13(11)15)14(9)8-10(2)16-3/h7,10,13,15H,4-6,8H2,1-3H3. The van der Waals surface area contributed by atoms with E-state index in [9.17, 15) is 5.11 Å². The number of aliphatic hydroxyl groups is 1. The second-order valence-corrected chi connectivity index (χ2v) is 4.75. The van der Waals surface area contributed by atoms with E-state index in [2.05, 4.69) is 24.5 Å². The number of hydrogen-bond donors (Lipinski definition) is 1. The molecule has 0 fully saturated rings. The Labute approximate surface area is 97.0 Å². The van der Waals surface area contributed by atoms with Gasteiger partial charge in [-0.05, 0) is 39.2 Å². The number of hydrogen-bond acceptors (Lipinski definition) is 2. The van der Waals surface area contributed by atoms with Crippen LogP contribution in [0.15, 0.2) is 6.07 Å². The van der Waals surface area contributed by atoms with Crippen LogP contribution in [0.1, 0.15) is 42.8 Å². The van der Waals surface area contributed by atoms with Crippen molar-refractivity contribution in [2.24, 2.45) is 0 Å². The fraction of sp³-hybridized carbons (Fsp3) is 0.692. The monoisotopic (exact) mass is 223 g/mol. The van der Waals surface area contributed by atoms with Gasteiger partial charge >= 0.3 is 0 Å². The Hall–Kier alpha value is -0.800. The summed E-state index contributed by atoms with van der Waals surface area (Å²) in [6.45, 7) is 5.06. The summed E-state index contributed by atoms with van der Waals surface area (Å²) in [5, 5.41) is 9.95. The number of ether oxygens (including phenoxy) is 1. The first-order valence-corrected chi connectivity index (χ1v) is 6.03. The number of fused-ring (bicyclic) bond motifs is 1. The van der Waals surface area contributed by atoms with Gasteiger partial charge in [-0.3, -0.25) is 0 Å². The lowest BCUT2D eigenvalue weighted by Crippen LogP contribution is -2.19. The Morgan fingerprint density at radius 3 is 3.06 bits per heavy atom. The topological polar surface area (TPSA) is 34.4 Å². The predicted molar refractivity (Wildman–Crippen MR) is 63.5 cm³/mol. The zero-order valence-corrected chi connectivity index (χ0v) is 10.4. The summed E-state index contributed by atoms with van der Waals surface area (Å²) in [6, 6.07) is 2.13. The molecular formula is C13H21NO2. The van der Waals surface area contributed by atoms with Crippen LogP contribution in [-0.2, 0) is 17.7 Å².